The second-order valence-corrected chi connectivity index (χ2v) is 7.93. The standard InChI is InChI=1S/C23H30N8.HI/c1-17(19-9-5-4-6-10-19)26-23(25-15-22-29-28-18(2)30(22)3)27-20-12-14-31(16-20)21-11-7-8-13-24-21;/h4-11,13,17,20H,12,14-16H2,1-3H3,(H2,25,26,27);1H. The van der Waals surface area contributed by atoms with Gasteiger partial charge in [-0.1, -0.05) is 36.4 Å². The van der Waals surface area contributed by atoms with E-state index in [0.29, 0.717) is 6.54 Å². The van der Waals surface area contributed by atoms with Crippen LogP contribution in [0.1, 0.15) is 36.6 Å². The number of nitrogens with zero attached hydrogens (tertiary/aromatic N) is 6. The maximum absolute atomic E-state index is 4.83. The fourth-order valence-electron chi connectivity index (χ4n) is 3.72. The van der Waals surface area contributed by atoms with Gasteiger partial charge in [0.2, 0.25) is 0 Å². The smallest absolute Gasteiger partial charge is 0.192 e. The van der Waals surface area contributed by atoms with Crippen molar-refractivity contribution >= 4 is 35.8 Å². The number of aromatic nitrogens is 4. The van der Waals surface area contributed by atoms with Crippen molar-refractivity contribution in [3.05, 3.63) is 71.9 Å². The van der Waals surface area contributed by atoms with E-state index in [2.05, 4.69) is 68.0 Å². The average Bonchev–Trinajstić information content (AvgIpc) is 3.40. The molecule has 8 nitrogen and oxygen atoms in total. The van der Waals surface area contributed by atoms with Gasteiger partial charge in [0, 0.05) is 32.4 Å². The molecular weight excluding hydrogens is 515 g/mol. The monoisotopic (exact) mass is 546 g/mol. The molecule has 2 unspecified atom stereocenters. The van der Waals surface area contributed by atoms with E-state index < -0.39 is 0 Å². The van der Waals surface area contributed by atoms with E-state index in [1.165, 1.54) is 5.56 Å². The summed E-state index contributed by atoms with van der Waals surface area (Å²) in [6, 6.07) is 16.8. The van der Waals surface area contributed by atoms with Gasteiger partial charge in [-0.05, 0) is 38.0 Å². The predicted octanol–water partition coefficient (Wildman–Crippen LogP) is 3.21. The molecule has 0 radical (unpaired) electrons. The first kappa shape index (κ1) is 24.0. The summed E-state index contributed by atoms with van der Waals surface area (Å²) in [5.41, 5.74) is 1.22. The van der Waals surface area contributed by atoms with Crippen LogP contribution < -0.4 is 15.5 Å². The molecule has 9 heteroatoms. The number of nitrogens with one attached hydrogen (secondary N) is 2. The van der Waals surface area contributed by atoms with Gasteiger partial charge in [0.05, 0.1) is 6.04 Å². The number of halogens is 1. The van der Waals surface area contributed by atoms with Crippen molar-refractivity contribution in [3.63, 3.8) is 0 Å². The number of aryl methyl sites for hydroxylation is 1. The van der Waals surface area contributed by atoms with E-state index in [9.17, 15) is 0 Å². The molecule has 2 atom stereocenters. The Bertz CT molecular complexity index is 1010. The molecule has 0 saturated carbocycles. The van der Waals surface area contributed by atoms with E-state index in [1.807, 2.05) is 42.9 Å². The highest BCUT2D eigenvalue weighted by atomic mass is 127. The first-order valence-corrected chi connectivity index (χ1v) is 10.7. The van der Waals surface area contributed by atoms with Crippen LogP contribution in [0, 0.1) is 6.92 Å². The minimum absolute atomic E-state index is 0. The zero-order chi connectivity index (χ0) is 21.6. The summed E-state index contributed by atoms with van der Waals surface area (Å²) < 4.78 is 1.97. The van der Waals surface area contributed by atoms with Crippen molar-refractivity contribution in [2.24, 2.45) is 12.0 Å². The van der Waals surface area contributed by atoms with Gasteiger partial charge < -0.3 is 20.1 Å². The quantitative estimate of drug-likeness (QED) is 0.281. The number of rotatable bonds is 6. The Balaban J connectivity index is 0.00000289. The Morgan fingerprint density at radius 1 is 1.16 bits per heavy atom. The molecule has 3 heterocycles. The van der Waals surface area contributed by atoms with E-state index in [-0.39, 0.29) is 36.1 Å². The lowest BCUT2D eigenvalue weighted by Gasteiger charge is -2.22. The number of guanidine groups is 1. The van der Waals surface area contributed by atoms with Crippen LogP contribution in [0.2, 0.25) is 0 Å². The van der Waals surface area contributed by atoms with Gasteiger partial charge in [-0.15, -0.1) is 34.2 Å². The maximum Gasteiger partial charge on any atom is 0.192 e. The molecule has 0 bridgehead atoms. The highest BCUT2D eigenvalue weighted by molar-refractivity contribution is 14.0. The fourth-order valence-corrected chi connectivity index (χ4v) is 3.72. The van der Waals surface area contributed by atoms with Crippen LogP contribution in [0.15, 0.2) is 59.7 Å². The van der Waals surface area contributed by atoms with E-state index in [4.69, 9.17) is 4.99 Å². The topological polar surface area (TPSA) is 83.3 Å². The number of pyridine rings is 1. The molecule has 1 aliphatic heterocycles. The Hall–Kier alpha value is -2.69. The molecule has 1 saturated heterocycles. The highest BCUT2D eigenvalue weighted by Crippen LogP contribution is 2.18. The van der Waals surface area contributed by atoms with Crippen LogP contribution in [0.3, 0.4) is 0 Å². The van der Waals surface area contributed by atoms with Crippen molar-refractivity contribution < 1.29 is 0 Å². The molecule has 0 amide bonds. The number of anilines is 1. The lowest BCUT2D eigenvalue weighted by molar-refractivity contribution is 0.616. The molecule has 1 aliphatic rings. The lowest BCUT2D eigenvalue weighted by atomic mass is 10.1. The van der Waals surface area contributed by atoms with Crippen LogP contribution in [0.4, 0.5) is 5.82 Å². The second-order valence-electron chi connectivity index (χ2n) is 7.93. The largest absolute Gasteiger partial charge is 0.354 e. The summed E-state index contributed by atoms with van der Waals surface area (Å²) in [5.74, 6) is 3.52. The van der Waals surface area contributed by atoms with Crippen LogP contribution in [0.25, 0.3) is 0 Å². The third-order valence-electron chi connectivity index (χ3n) is 5.72. The Kier molecular flexibility index (Phi) is 8.43. The minimum atomic E-state index is 0. The zero-order valence-electron chi connectivity index (χ0n) is 18.8. The van der Waals surface area contributed by atoms with Crippen LogP contribution in [0.5, 0.6) is 0 Å². The predicted molar refractivity (Wildman–Crippen MR) is 138 cm³/mol. The Labute approximate surface area is 206 Å². The summed E-state index contributed by atoms with van der Waals surface area (Å²) in [4.78, 5) is 11.6. The molecule has 0 aliphatic carbocycles. The second kappa shape index (κ2) is 11.3. The molecule has 1 aromatic carbocycles. The number of hydrogen-bond donors (Lipinski definition) is 2. The van der Waals surface area contributed by atoms with E-state index >= 15 is 0 Å². The Morgan fingerprint density at radius 2 is 1.94 bits per heavy atom. The molecule has 2 aromatic heterocycles. The number of hydrogen-bond acceptors (Lipinski definition) is 5. The van der Waals surface area contributed by atoms with Crippen molar-refractivity contribution in [1.29, 1.82) is 0 Å². The van der Waals surface area contributed by atoms with E-state index in [1.54, 1.807) is 0 Å². The van der Waals surface area contributed by atoms with Crippen LogP contribution >= 0.6 is 24.0 Å². The molecule has 1 fully saturated rings. The van der Waals surface area contributed by atoms with Gasteiger partial charge in [-0.2, -0.15) is 0 Å². The van der Waals surface area contributed by atoms with Crippen LogP contribution in [-0.4, -0.2) is 44.8 Å². The van der Waals surface area contributed by atoms with Crippen molar-refractivity contribution in [2.75, 3.05) is 18.0 Å². The van der Waals surface area contributed by atoms with Crippen LogP contribution in [-0.2, 0) is 13.6 Å². The minimum Gasteiger partial charge on any atom is -0.354 e. The van der Waals surface area contributed by atoms with Crippen molar-refractivity contribution in [1.82, 2.24) is 30.4 Å². The third-order valence-corrected chi connectivity index (χ3v) is 5.72. The molecule has 0 spiro atoms. The van der Waals surface area contributed by atoms with Gasteiger partial charge in [-0.25, -0.2) is 9.98 Å². The van der Waals surface area contributed by atoms with Crippen molar-refractivity contribution in [3.8, 4) is 0 Å². The van der Waals surface area contributed by atoms with Gasteiger partial charge in [0.1, 0.15) is 18.2 Å². The summed E-state index contributed by atoms with van der Waals surface area (Å²) in [6.07, 6.45) is 2.87. The normalized spacial score (nSPS) is 17.0. The van der Waals surface area contributed by atoms with Crippen molar-refractivity contribution in [2.45, 2.75) is 38.9 Å². The molecule has 4 rings (SSSR count). The summed E-state index contributed by atoms with van der Waals surface area (Å²) in [5, 5.41) is 15.6. The summed E-state index contributed by atoms with van der Waals surface area (Å²) in [7, 11) is 1.97. The number of aliphatic imine (C=N–C) groups is 1. The van der Waals surface area contributed by atoms with E-state index in [0.717, 1.165) is 42.9 Å². The zero-order valence-corrected chi connectivity index (χ0v) is 21.1. The average molecular weight is 546 g/mol. The van der Waals surface area contributed by atoms with Gasteiger partial charge in [0.25, 0.3) is 0 Å². The fraction of sp³-hybridized carbons (Fsp3) is 0.391. The first-order valence-electron chi connectivity index (χ1n) is 10.7. The molecule has 32 heavy (non-hydrogen) atoms. The number of benzene rings is 1. The molecule has 2 N–H and O–H groups in total. The Morgan fingerprint density at radius 3 is 2.62 bits per heavy atom. The highest BCUT2D eigenvalue weighted by Gasteiger charge is 2.24. The lowest BCUT2D eigenvalue weighted by Crippen LogP contribution is -2.45. The summed E-state index contributed by atoms with van der Waals surface area (Å²) in [6.45, 7) is 6.41. The first-order chi connectivity index (χ1) is 15.1. The molecular formula is C23H31IN8. The third kappa shape index (κ3) is 5.96. The molecule has 170 valence electrons. The van der Waals surface area contributed by atoms with Gasteiger partial charge in [0.15, 0.2) is 11.8 Å². The summed E-state index contributed by atoms with van der Waals surface area (Å²) >= 11 is 0. The SMILES string of the molecule is Cc1nnc(CN=C(NC2CCN(c3ccccn3)C2)NC(C)c2ccccc2)n1C.I. The maximum atomic E-state index is 4.83. The van der Waals surface area contributed by atoms with Gasteiger partial charge >= 0.3 is 0 Å². The molecule has 3 aromatic rings. The van der Waals surface area contributed by atoms with Gasteiger partial charge in [-0.3, -0.25) is 0 Å².